The normalized spacial score (nSPS) is 20.7. The number of nitrogens with two attached hydrogens (primary N) is 1. The van der Waals surface area contributed by atoms with Crippen molar-refractivity contribution < 1.29 is 12.8 Å². The van der Waals surface area contributed by atoms with Crippen molar-refractivity contribution in [3.63, 3.8) is 0 Å². The number of nitrogens with one attached hydrogen (secondary N) is 1. The molecule has 0 spiro atoms. The highest BCUT2D eigenvalue weighted by Crippen LogP contribution is 2.27. The smallest absolute Gasteiger partial charge is 0.244 e. The lowest BCUT2D eigenvalue weighted by Gasteiger charge is -2.22. The lowest BCUT2D eigenvalue weighted by molar-refractivity contribution is 0.492. The van der Waals surface area contributed by atoms with E-state index in [0.717, 1.165) is 24.3 Å². The second-order valence-corrected chi connectivity index (χ2v) is 7.56. The lowest BCUT2D eigenvalue weighted by Crippen LogP contribution is -2.38. The van der Waals surface area contributed by atoms with Crippen molar-refractivity contribution in [3.05, 3.63) is 17.1 Å². The number of sulfonamides is 1. The molecule has 0 bridgehead atoms. The lowest BCUT2D eigenvalue weighted by atomic mass is 10.2. The summed E-state index contributed by atoms with van der Waals surface area (Å²) in [6.07, 6.45) is 1.94. The second-order valence-electron chi connectivity index (χ2n) is 4.76. The Balaban J connectivity index is 2.28. The van der Waals surface area contributed by atoms with E-state index in [9.17, 15) is 8.42 Å². The van der Waals surface area contributed by atoms with E-state index < -0.39 is 10.0 Å². The van der Waals surface area contributed by atoms with E-state index in [1.54, 1.807) is 25.6 Å². The molecule has 0 aliphatic carbocycles. The summed E-state index contributed by atoms with van der Waals surface area (Å²) < 4.78 is 33.1. The van der Waals surface area contributed by atoms with Crippen molar-refractivity contribution in [3.8, 4) is 0 Å². The zero-order valence-corrected chi connectivity index (χ0v) is 12.9. The molecule has 2 heterocycles. The van der Waals surface area contributed by atoms with Crippen LogP contribution in [0.25, 0.3) is 0 Å². The third-order valence-electron chi connectivity index (χ3n) is 3.28. The van der Waals surface area contributed by atoms with Crippen LogP contribution in [-0.2, 0) is 16.6 Å². The molecule has 1 saturated heterocycles. The molecule has 5 nitrogen and oxygen atoms in total. The Morgan fingerprint density at radius 3 is 2.74 bits per heavy atom. The van der Waals surface area contributed by atoms with E-state index in [-0.39, 0.29) is 17.5 Å². The molecule has 7 heteroatoms. The first-order valence-corrected chi connectivity index (χ1v) is 8.98. The van der Waals surface area contributed by atoms with Gasteiger partial charge >= 0.3 is 0 Å². The Kier molecular flexibility index (Phi) is 4.60. The van der Waals surface area contributed by atoms with Gasteiger partial charge in [0.05, 0.1) is 0 Å². The maximum atomic E-state index is 12.5. The molecule has 1 aromatic rings. The predicted octanol–water partition coefficient (Wildman–Crippen LogP) is 1.53. The van der Waals surface area contributed by atoms with Crippen LogP contribution in [0.4, 0.5) is 0 Å². The van der Waals surface area contributed by atoms with Crippen LogP contribution >= 0.6 is 11.8 Å². The summed E-state index contributed by atoms with van der Waals surface area (Å²) in [6, 6.07) is 0.00369. The van der Waals surface area contributed by atoms with E-state index >= 15 is 0 Å². The molecule has 1 atom stereocenters. The fourth-order valence-electron chi connectivity index (χ4n) is 2.41. The van der Waals surface area contributed by atoms with Crippen LogP contribution < -0.4 is 10.5 Å². The Morgan fingerprint density at radius 1 is 1.42 bits per heavy atom. The summed E-state index contributed by atoms with van der Waals surface area (Å²) in [5.74, 6) is 2.93. The van der Waals surface area contributed by atoms with Crippen molar-refractivity contribution in [1.82, 2.24) is 4.72 Å². The van der Waals surface area contributed by atoms with Crippen LogP contribution in [0.3, 0.4) is 0 Å². The quantitative estimate of drug-likeness (QED) is 0.881. The van der Waals surface area contributed by atoms with Gasteiger partial charge in [-0.3, -0.25) is 0 Å². The second kappa shape index (κ2) is 5.87. The number of thioether (sulfide) groups is 1. The molecular weight excluding hydrogens is 284 g/mol. The first-order chi connectivity index (χ1) is 8.95. The van der Waals surface area contributed by atoms with Crippen LogP contribution in [0.15, 0.2) is 9.31 Å². The highest BCUT2D eigenvalue weighted by molar-refractivity contribution is 7.99. The molecule has 1 aliphatic rings. The van der Waals surface area contributed by atoms with Crippen LogP contribution in [-0.4, -0.2) is 26.0 Å². The molecular formula is C12H20N2O3S2. The molecule has 2 rings (SSSR count). The minimum atomic E-state index is -3.55. The molecule has 1 fully saturated rings. The van der Waals surface area contributed by atoms with Gasteiger partial charge in [-0.15, -0.1) is 0 Å². The maximum Gasteiger partial charge on any atom is 0.244 e. The largest absolute Gasteiger partial charge is 0.465 e. The Bertz CT molecular complexity index is 546. The Hall–Kier alpha value is -0.500. The molecule has 1 aromatic heterocycles. The Morgan fingerprint density at radius 2 is 2.16 bits per heavy atom. The molecule has 1 unspecified atom stereocenters. The van der Waals surface area contributed by atoms with E-state index in [0.29, 0.717) is 17.1 Å². The first-order valence-electron chi connectivity index (χ1n) is 6.34. The van der Waals surface area contributed by atoms with Gasteiger partial charge in [0.15, 0.2) is 0 Å². The molecule has 0 aromatic carbocycles. The van der Waals surface area contributed by atoms with Gasteiger partial charge in [0.2, 0.25) is 10.0 Å². The van der Waals surface area contributed by atoms with Gasteiger partial charge in [-0.05, 0) is 32.4 Å². The van der Waals surface area contributed by atoms with Crippen molar-refractivity contribution >= 4 is 21.8 Å². The van der Waals surface area contributed by atoms with Crippen molar-refractivity contribution in [1.29, 1.82) is 0 Å². The molecule has 108 valence electrons. The third-order valence-corrected chi connectivity index (χ3v) is 6.21. The Labute approximate surface area is 118 Å². The molecule has 3 N–H and O–H groups in total. The van der Waals surface area contributed by atoms with Gasteiger partial charge in [0, 0.05) is 23.9 Å². The monoisotopic (exact) mass is 304 g/mol. The van der Waals surface area contributed by atoms with Crippen molar-refractivity contribution in [2.75, 3.05) is 11.5 Å². The number of hydrogen-bond donors (Lipinski definition) is 2. The third kappa shape index (κ3) is 3.16. The highest BCUT2D eigenvalue weighted by atomic mass is 32.2. The SMILES string of the molecule is Cc1oc(C)c(S(=O)(=O)NC2CCCSC2)c1CN. The minimum absolute atomic E-state index is 0.00369. The number of aryl methyl sites for hydroxylation is 2. The summed E-state index contributed by atoms with van der Waals surface area (Å²) in [5, 5.41) is 0. The highest BCUT2D eigenvalue weighted by Gasteiger charge is 2.29. The van der Waals surface area contributed by atoms with Crippen LogP contribution in [0.2, 0.25) is 0 Å². The minimum Gasteiger partial charge on any atom is -0.465 e. The van der Waals surface area contributed by atoms with E-state index in [2.05, 4.69) is 4.72 Å². The van der Waals surface area contributed by atoms with Gasteiger partial charge < -0.3 is 10.2 Å². The van der Waals surface area contributed by atoms with Crippen LogP contribution in [0.1, 0.15) is 29.9 Å². The zero-order valence-electron chi connectivity index (χ0n) is 11.2. The summed E-state index contributed by atoms with van der Waals surface area (Å²) in [4.78, 5) is 0.225. The first kappa shape index (κ1) is 14.9. The fraction of sp³-hybridized carbons (Fsp3) is 0.667. The predicted molar refractivity (Wildman–Crippen MR) is 76.7 cm³/mol. The maximum absolute atomic E-state index is 12.5. The molecule has 0 saturated carbocycles. The summed E-state index contributed by atoms with van der Waals surface area (Å²) in [7, 11) is -3.55. The molecule has 19 heavy (non-hydrogen) atoms. The van der Waals surface area contributed by atoms with Gasteiger partial charge in [-0.1, -0.05) is 0 Å². The van der Waals surface area contributed by atoms with Gasteiger partial charge in [0.25, 0.3) is 0 Å². The average molecular weight is 304 g/mol. The van der Waals surface area contributed by atoms with Crippen molar-refractivity contribution in [2.24, 2.45) is 5.73 Å². The fourth-order valence-corrected chi connectivity index (χ4v) is 5.32. The summed E-state index contributed by atoms with van der Waals surface area (Å²) in [5.41, 5.74) is 6.22. The van der Waals surface area contributed by atoms with Crippen LogP contribution in [0, 0.1) is 13.8 Å². The topological polar surface area (TPSA) is 85.3 Å². The summed E-state index contributed by atoms with van der Waals surface area (Å²) in [6.45, 7) is 3.57. The number of hydrogen-bond acceptors (Lipinski definition) is 5. The van der Waals surface area contributed by atoms with E-state index in [1.165, 1.54) is 0 Å². The summed E-state index contributed by atoms with van der Waals surface area (Å²) >= 11 is 1.78. The number of furan rings is 1. The number of rotatable bonds is 4. The average Bonchev–Trinajstić information content (AvgIpc) is 2.64. The molecule has 1 aliphatic heterocycles. The van der Waals surface area contributed by atoms with Crippen LogP contribution in [0.5, 0.6) is 0 Å². The van der Waals surface area contributed by atoms with E-state index in [1.807, 2.05) is 0 Å². The zero-order chi connectivity index (χ0) is 14.0. The van der Waals surface area contributed by atoms with Gasteiger partial charge in [0.1, 0.15) is 16.4 Å². The van der Waals surface area contributed by atoms with E-state index in [4.69, 9.17) is 10.2 Å². The van der Waals surface area contributed by atoms with Crippen molar-refractivity contribution in [2.45, 2.75) is 44.2 Å². The van der Waals surface area contributed by atoms with Gasteiger partial charge in [-0.25, -0.2) is 13.1 Å². The van der Waals surface area contributed by atoms with Gasteiger partial charge in [-0.2, -0.15) is 11.8 Å². The molecule has 0 radical (unpaired) electrons. The standard InChI is InChI=1S/C12H20N2O3S2/c1-8-11(6-13)12(9(2)17-8)19(15,16)14-10-4-3-5-18-7-10/h10,14H,3-7,13H2,1-2H3. The molecule has 0 amide bonds.